The van der Waals surface area contributed by atoms with Gasteiger partial charge in [0.1, 0.15) is 12.4 Å². The summed E-state index contributed by atoms with van der Waals surface area (Å²) in [6.07, 6.45) is 1.11. The molecule has 0 spiro atoms. The lowest BCUT2D eigenvalue weighted by Gasteiger charge is -2.42. The number of nitrogens with zero attached hydrogens (tertiary/aromatic N) is 2. The number of pyridine rings is 1. The zero-order valence-corrected chi connectivity index (χ0v) is 14.4. The summed E-state index contributed by atoms with van der Waals surface area (Å²) in [6, 6.07) is 10.9. The Hall–Kier alpha value is -2.47. The summed E-state index contributed by atoms with van der Waals surface area (Å²) >= 11 is 0. The number of hydrogen-bond donors (Lipinski definition) is 0. The van der Waals surface area contributed by atoms with Gasteiger partial charge in [-0.3, -0.25) is 9.69 Å². The van der Waals surface area contributed by atoms with E-state index in [-0.39, 0.29) is 11.4 Å². The van der Waals surface area contributed by atoms with Crippen molar-refractivity contribution in [2.75, 3.05) is 26.2 Å². The molecule has 0 aliphatic carbocycles. The fraction of sp³-hybridized carbons (Fsp3) is 0.400. The van der Waals surface area contributed by atoms with Crippen molar-refractivity contribution in [3.8, 4) is 0 Å². The minimum Gasteiger partial charge on any atom is -0.461 e. The highest BCUT2D eigenvalue weighted by Gasteiger charge is 2.34. The van der Waals surface area contributed by atoms with Crippen LogP contribution in [0.5, 0.6) is 0 Å². The molecule has 0 N–H and O–H groups in total. The van der Waals surface area contributed by atoms with Crippen LogP contribution in [-0.4, -0.2) is 41.7 Å². The predicted octanol–water partition coefficient (Wildman–Crippen LogP) is 2.26. The molecule has 2 atom stereocenters. The lowest BCUT2D eigenvalue weighted by molar-refractivity contribution is 0.0403. The van der Waals surface area contributed by atoms with E-state index in [1.54, 1.807) is 6.07 Å². The van der Waals surface area contributed by atoms with Crippen molar-refractivity contribution in [2.24, 2.45) is 5.92 Å². The van der Waals surface area contributed by atoms with Gasteiger partial charge >= 0.3 is 5.97 Å². The smallest absolute Gasteiger partial charge is 0.338 e. The van der Waals surface area contributed by atoms with Crippen molar-refractivity contribution in [3.63, 3.8) is 0 Å². The number of ether oxygens (including phenoxy) is 1. The molecular weight excluding hydrogens is 335 g/mol. The molecule has 3 heterocycles. The second-order valence-electron chi connectivity index (χ2n) is 7.10. The number of benzene rings is 1. The summed E-state index contributed by atoms with van der Waals surface area (Å²) in [7, 11) is 0. The van der Waals surface area contributed by atoms with Crippen molar-refractivity contribution in [1.29, 1.82) is 0 Å². The SMILES string of the molecule is O=C(OCCN1CC2CC(C1)c1cccc(=O)n1C2)c1ccc(F)cc1. The van der Waals surface area contributed by atoms with Crippen molar-refractivity contribution in [2.45, 2.75) is 18.9 Å². The Bertz CT molecular complexity index is 862. The van der Waals surface area contributed by atoms with Crippen LogP contribution in [0, 0.1) is 11.7 Å². The van der Waals surface area contributed by atoms with Crippen LogP contribution < -0.4 is 5.56 Å². The van der Waals surface area contributed by atoms with E-state index in [1.165, 1.54) is 24.3 Å². The number of rotatable bonds is 4. The number of carbonyl (C=O) groups is 1. The van der Waals surface area contributed by atoms with Crippen LogP contribution >= 0.6 is 0 Å². The molecule has 1 fully saturated rings. The van der Waals surface area contributed by atoms with Crippen molar-refractivity contribution in [3.05, 3.63) is 69.9 Å². The van der Waals surface area contributed by atoms with Gasteiger partial charge in [-0.05, 0) is 42.7 Å². The first-order chi connectivity index (χ1) is 12.6. The van der Waals surface area contributed by atoms with Crippen molar-refractivity contribution >= 4 is 5.97 Å². The number of aromatic nitrogens is 1. The highest BCUT2D eigenvalue weighted by Crippen LogP contribution is 2.34. The van der Waals surface area contributed by atoms with Crippen molar-refractivity contribution < 1.29 is 13.9 Å². The molecule has 5 nitrogen and oxygen atoms in total. The topological polar surface area (TPSA) is 51.5 Å². The van der Waals surface area contributed by atoms with Crippen LogP contribution in [0.3, 0.4) is 0 Å². The first kappa shape index (κ1) is 17.0. The Morgan fingerprint density at radius 3 is 2.73 bits per heavy atom. The number of carbonyl (C=O) groups excluding carboxylic acids is 1. The van der Waals surface area contributed by atoms with Crippen LogP contribution in [-0.2, 0) is 11.3 Å². The molecule has 1 saturated heterocycles. The van der Waals surface area contributed by atoms with Gasteiger partial charge in [-0.25, -0.2) is 9.18 Å². The molecule has 6 heteroatoms. The van der Waals surface area contributed by atoms with E-state index in [0.29, 0.717) is 30.6 Å². The summed E-state index contributed by atoms with van der Waals surface area (Å²) in [6.45, 7) is 3.51. The minimum atomic E-state index is -0.431. The first-order valence-electron chi connectivity index (χ1n) is 8.95. The van der Waals surface area contributed by atoms with Crippen LogP contribution in [0.25, 0.3) is 0 Å². The molecule has 1 aromatic heterocycles. The van der Waals surface area contributed by atoms with Gasteiger partial charge in [-0.1, -0.05) is 6.07 Å². The number of fused-ring (bicyclic) bond motifs is 4. The lowest BCUT2D eigenvalue weighted by Crippen LogP contribution is -2.47. The minimum absolute atomic E-state index is 0.0823. The second-order valence-corrected chi connectivity index (χ2v) is 7.10. The molecule has 0 saturated carbocycles. The summed E-state index contributed by atoms with van der Waals surface area (Å²) in [5.41, 5.74) is 1.55. The van der Waals surface area contributed by atoms with Gasteiger partial charge in [-0.2, -0.15) is 0 Å². The largest absolute Gasteiger partial charge is 0.461 e. The third-order valence-electron chi connectivity index (χ3n) is 5.28. The third-order valence-corrected chi connectivity index (χ3v) is 5.28. The van der Waals surface area contributed by atoms with Crippen LogP contribution in [0.4, 0.5) is 4.39 Å². The normalized spacial score (nSPS) is 21.9. The molecular formula is C20H21FN2O3. The third kappa shape index (κ3) is 3.42. The van der Waals surface area contributed by atoms with Gasteiger partial charge in [0, 0.05) is 43.9 Å². The number of esters is 1. The van der Waals surface area contributed by atoms with Gasteiger partial charge in [0.25, 0.3) is 5.56 Å². The monoisotopic (exact) mass is 356 g/mol. The Balaban J connectivity index is 1.34. The van der Waals surface area contributed by atoms with Crippen molar-refractivity contribution in [1.82, 2.24) is 9.47 Å². The van der Waals surface area contributed by atoms with Gasteiger partial charge in [0.15, 0.2) is 0 Å². The number of hydrogen-bond acceptors (Lipinski definition) is 4. The molecule has 2 aliphatic heterocycles. The average molecular weight is 356 g/mol. The molecule has 2 aromatic rings. The van der Waals surface area contributed by atoms with E-state index in [4.69, 9.17) is 4.74 Å². The first-order valence-corrected chi connectivity index (χ1v) is 8.95. The van der Waals surface area contributed by atoms with Crippen LogP contribution in [0.1, 0.15) is 28.4 Å². The molecule has 2 unspecified atom stereocenters. The zero-order valence-electron chi connectivity index (χ0n) is 14.4. The summed E-state index contributed by atoms with van der Waals surface area (Å²) in [5.74, 6) is -0.00162. The summed E-state index contributed by atoms with van der Waals surface area (Å²) < 4.78 is 20.1. The average Bonchev–Trinajstić information content (AvgIpc) is 2.63. The molecule has 136 valence electrons. The van der Waals surface area contributed by atoms with E-state index in [9.17, 15) is 14.0 Å². The lowest BCUT2D eigenvalue weighted by atomic mass is 9.83. The molecule has 2 aliphatic rings. The van der Waals surface area contributed by atoms with Gasteiger partial charge in [-0.15, -0.1) is 0 Å². The van der Waals surface area contributed by atoms with E-state index in [0.717, 1.165) is 31.7 Å². The Kier molecular flexibility index (Phi) is 4.59. The van der Waals surface area contributed by atoms with Gasteiger partial charge in [0.2, 0.25) is 0 Å². The van der Waals surface area contributed by atoms with Gasteiger partial charge in [0.05, 0.1) is 5.56 Å². The summed E-state index contributed by atoms with van der Waals surface area (Å²) in [5, 5.41) is 0. The maximum absolute atomic E-state index is 12.9. The van der Waals surface area contributed by atoms with E-state index < -0.39 is 5.97 Å². The van der Waals surface area contributed by atoms with E-state index >= 15 is 0 Å². The zero-order chi connectivity index (χ0) is 18.1. The molecule has 0 amide bonds. The maximum Gasteiger partial charge on any atom is 0.338 e. The molecule has 4 rings (SSSR count). The number of halogens is 1. The van der Waals surface area contributed by atoms with Crippen LogP contribution in [0.15, 0.2) is 47.3 Å². The standard InChI is InChI=1S/C20H21FN2O3/c21-17-6-4-15(5-7-17)20(25)26-9-8-22-11-14-10-16(13-22)18-2-1-3-19(24)23(18)12-14/h1-7,14,16H,8-13H2. The molecule has 2 bridgehead atoms. The molecule has 0 radical (unpaired) electrons. The Morgan fingerprint density at radius 2 is 1.92 bits per heavy atom. The fourth-order valence-corrected chi connectivity index (χ4v) is 4.11. The molecule has 1 aromatic carbocycles. The highest BCUT2D eigenvalue weighted by atomic mass is 19.1. The van der Waals surface area contributed by atoms with Gasteiger partial charge < -0.3 is 9.30 Å². The van der Waals surface area contributed by atoms with E-state index in [1.807, 2.05) is 16.7 Å². The highest BCUT2D eigenvalue weighted by molar-refractivity contribution is 5.89. The fourth-order valence-electron chi connectivity index (χ4n) is 4.11. The van der Waals surface area contributed by atoms with Crippen LogP contribution in [0.2, 0.25) is 0 Å². The Morgan fingerprint density at radius 1 is 1.12 bits per heavy atom. The quantitative estimate of drug-likeness (QED) is 0.789. The maximum atomic E-state index is 12.9. The number of likely N-dealkylation sites (tertiary alicyclic amines) is 1. The molecule has 26 heavy (non-hydrogen) atoms. The predicted molar refractivity (Wildman–Crippen MR) is 94.7 cm³/mol. The summed E-state index contributed by atoms with van der Waals surface area (Å²) in [4.78, 5) is 26.3. The number of piperidine rings is 1. The van der Waals surface area contributed by atoms with E-state index in [2.05, 4.69) is 4.90 Å². The second kappa shape index (κ2) is 7.03. The Labute approximate surface area is 151 Å².